The number of carbonyl (C=O) groups is 2. The molecule has 1 N–H and O–H groups in total. The average molecular weight is 338 g/mol. The molecule has 2 rings (SSSR count). The van der Waals surface area contributed by atoms with Crippen LogP contribution in [0.15, 0.2) is 59.7 Å². The van der Waals surface area contributed by atoms with Gasteiger partial charge in [0.1, 0.15) is 0 Å². The number of nitrogens with one attached hydrogen (secondary N) is 1. The number of esters is 1. The van der Waals surface area contributed by atoms with E-state index in [0.29, 0.717) is 17.1 Å². The second kappa shape index (κ2) is 9.02. The minimum atomic E-state index is -0.512. The van der Waals surface area contributed by atoms with Crippen molar-refractivity contribution in [2.24, 2.45) is 5.10 Å². The molecule has 0 saturated heterocycles. The quantitative estimate of drug-likeness (QED) is 0.289. The first kappa shape index (κ1) is 17.9. The molecule has 2 aromatic carbocycles. The van der Waals surface area contributed by atoms with Crippen molar-refractivity contribution in [2.75, 3.05) is 7.11 Å². The molecule has 0 aromatic heterocycles. The molecule has 0 bridgehead atoms. The van der Waals surface area contributed by atoms with Crippen LogP contribution in [0.1, 0.15) is 18.1 Å². The summed E-state index contributed by atoms with van der Waals surface area (Å²) in [5.74, 6) is -0.101. The van der Waals surface area contributed by atoms with Gasteiger partial charge in [-0.25, -0.2) is 10.2 Å². The number of rotatable bonds is 6. The molecule has 25 heavy (non-hydrogen) atoms. The number of methoxy groups -OCH3 is 1. The number of benzene rings is 2. The molecule has 0 aliphatic rings. The van der Waals surface area contributed by atoms with Crippen LogP contribution < -0.4 is 14.9 Å². The Bertz CT molecular complexity index is 798. The number of amides is 1. The summed E-state index contributed by atoms with van der Waals surface area (Å²) in [6.45, 7) is 1.36. The highest BCUT2D eigenvalue weighted by Gasteiger charge is 2.08. The Morgan fingerprint density at radius 1 is 1.04 bits per heavy atom. The topological polar surface area (TPSA) is 77.0 Å². The molecule has 128 valence electrons. The van der Waals surface area contributed by atoms with Crippen LogP contribution in [0.25, 0.3) is 6.08 Å². The molecule has 0 saturated carbocycles. The summed E-state index contributed by atoms with van der Waals surface area (Å²) in [5.41, 5.74) is 3.89. The predicted molar refractivity (Wildman–Crippen MR) is 95.5 cm³/mol. The van der Waals surface area contributed by atoms with Gasteiger partial charge < -0.3 is 9.47 Å². The second-order valence-electron chi connectivity index (χ2n) is 5.00. The standard InChI is InChI=1S/C19H18N2O4/c1-14(22)21-20-13-16-8-10-17(18(12-16)24-2)25-19(23)11-9-15-6-4-3-5-7-15/h3-13H,1-2H3,(H,21,22)/b11-9+,20-13+. The third-order valence-electron chi connectivity index (χ3n) is 3.05. The molecule has 0 fully saturated rings. The lowest BCUT2D eigenvalue weighted by atomic mass is 10.2. The Labute approximate surface area is 145 Å². The van der Waals surface area contributed by atoms with E-state index in [1.54, 1.807) is 24.3 Å². The van der Waals surface area contributed by atoms with E-state index in [-0.39, 0.29) is 5.91 Å². The molecule has 0 aliphatic carbocycles. The van der Waals surface area contributed by atoms with Crippen molar-refractivity contribution in [3.05, 3.63) is 65.7 Å². The van der Waals surface area contributed by atoms with Crippen molar-refractivity contribution in [3.8, 4) is 11.5 Å². The third-order valence-corrected chi connectivity index (χ3v) is 3.05. The second-order valence-corrected chi connectivity index (χ2v) is 5.00. The van der Waals surface area contributed by atoms with Crippen LogP contribution in [0, 0.1) is 0 Å². The van der Waals surface area contributed by atoms with E-state index in [2.05, 4.69) is 10.5 Å². The SMILES string of the molecule is COc1cc(/C=N/NC(C)=O)ccc1OC(=O)/C=C/c1ccccc1. The van der Waals surface area contributed by atoms with Crippen molar-refractivity contribution in [2.45, 2.75) is 6.92 Å². The number of nitrogens with zero attached hydrogens (tertiary/aromatic N) is 1. The summed E-state index contributed by atoms with van der Waals surface area (Å²) in [5, 5.41) is 3.77. The van der Waals surface area contributed by atoms with Gasteiger partial charge in [-0.3, -0.25) is 4.79 Å². The summed E-state index contributed by atoms with van der Waals surface area (Å²) < 4.78 is 10.5. The van der Waals surface area contributed by atoms with Crippen molar-refractivity contribution in [3.63, 3.8) is 0 Å². The van der Waals surface area contributed by atoms with Crippen LogP contribution in [-0.2, 0) is 9.59 Å². The van der Waals surface area contributed by atoms with Gasteiger partial charge in [0, 0.05) is 13.0 Å². The van der Waals surface area contributed by atoms with Crippen molar-refractivity contribution < 1.29 is 19.1 Å². The highest BCUT2D eigenvalue weighted by Crippen LogP contribution is 2.27. The minimum Gasteiger partial charge on any atom is -0.493 e. The van der Waals surface area contributed by atoms with Gasteiger partial charge in [0.05, 0.1) is 13.3 Å². The Balaban J connectivity index is 2.06. The van der Waals surface area contributed by atoms with E-state index < -0.39 is 5.97 Å². The molecule has 6 nitrogen and oxygen atoms in total. The van der Waals surface area contributed by atoms with Crippen molar-refractivity contribution in [1.29, 1.82) is 0 Å². The summed E-state index contributed by atoms with van der Waals surface area (Å²) in [4.78, 5) is 22.7. The minimum absolute atomic E-state index is 0.265. The Morgan fingerprint density at radius 3 is 2.48 bits per heavy atom. The maximum Gasteiger partial charge on any atom is 0.336 e. The number of hydrogen-bond donors (Lipinski definition) is 1. The van der Waals surface area contributed by atoms with E-state index in [4.69, 9.17) is 9.47 Å². The monoisotopic (exact) mass is 338 g/mol. The lowest BCUT2D eigenvalue weighted by Crippen LogP contribution is -2.12. The maximum absolute atomic E-state index is 11.9. The number of carbonyl (C=O) groups excluding carboxylic acids is 2. The first-order chi connectivity index (χ1) is 12.1. The summed E-state index contributed by atoms with van der Waals surface area (Å²) in [6, 6.07) is 14.4. The van der Waals surface area contributed by atoms with Gasteiger partial charge in [-0.1, -0.05) is 30.3 Å². The van der Waals surface area contributed by atoms with Gasteiger partial charge in [-0.2, -0.15) is 5.10 Å². The average Bonchev–Trinajstić information content (AvgIpc) is 2.61. The van der Waals surface area contributed by atoms with Gasteiger partial charge in [0.15, 0.2) is 11.5 Å². The fourth-order valence-corrected chi connectivity index (χ4v) is 1.92. The molecule has 0 atom stereocenters. The molecular formula is C19H18N2O4. The van der Waals surface area contributed by atoms with Crippen LogP contribution in [0.3, 0.4) is 0 Å². The Morgan fingerprint density at radius 2 is 1.80 bits per heavy atom. The molecule has 0 aliphatic heterocycles. The molecular weight excluding hydrogens is 320 g/mol. The van der Waals surface area contributed by atoms with E-state index >= 15 is 0 Å². The van der Waals surface area contributed by atoms with E-state index in [1.807, 2.05) is 30.3 Å². The van der Waals surface area contributed by atoms with Crippen molar-refractivity contribution >= 4 is 24.2 Å². The molecule has 0 spiro atoms. The lowest BCUT2D eigenvalue weighted by Gasteiger charge is -2.08. The largest absolute Gasteiger partial charge is 0.493 e. The first-order valence-corrected chi connectivity index (χ1v) is 7.51. The number of hydrazone groups is 1. The van der Waals surface area contributed by atoms with Crippen molar-refractivity contribution in [1.82, 2.24) is 5.43 Å². The van der Waals surface area contributed by atoms with E-state index in [0.717, 1.165) is 5.56 Å². The van der Waals surface area contributed by atoms with Gasteiger partial charge in [-0.15, -0.1) is 0 Å². The smallest absolute Gasteiger partial charge is 0.336 e. The lowest BCUT2D eigenvalue weighted by molar-refractivity contribution is -0.129. The maximum atomic E-state index is 11.9. The Kier molecular flexibility index (Phi) is 6.47. The third kappa shape index (κ3) is 5.95. The summed E-state index contributed by atoms with van der Waals surface area (Å²) in [6.07, 6.45) is 4.48. The van der Waals surface area contributed by atoms with Gasteiger partial charge in [0.2, 0.25) is 5.91 Å². The van der Waals surface area contributed by atoms with Crippen LogP contribution in [-0.4, -0.2) is 25.2 Å². The molecule has 0 unspecified atom stereocenters. The van der Waals surface area contributed by atoms with E-state index in [9.17, 15) is 9.59 Å². The normalized spacial score (nSPS) is 10.8. The zero-order valence-corrected chi connectivity index (χ0v) is 13.9. The van der Waals surface area contributed by atoms with Crippen LogP contribution >= 0.6 is 0 Å². The Hall–Kier alpha value is -3.41. The molecule has 2 aromatic rings. The highest BCUT2D eigenvalue weighted by atomic mass is 16.6. The fourth-order valence-electron chi connectivity index (χ4n) is 1.92. The molecule has 1 amide bonds. The fraction of sp³-hybridized carbons (Fsp3) is 0.105. The summed E-state index contributed by atoms with van der Waals surface area (Å²) in [7, 11) is 1.47. The van der Waals surface area contributed by atoms with Crippen LogP contribution in [0.4, 0.5) is 0 Å². The zero-order chi connectivity index (χ0) is 18.1. The number of ether oxygens (including phenoxy) is 2. The van der Waals surface area contributed by atoms with E-state index in [1.165, 1.54) is 26.3 Å². The molecule has 6 heteroatoms. The van der Waals surface area contributed by atoms with Gasteiger partial charge in [0.25, 0.3) is 0 Å². The van der Waals surface area contributed by atoms with Gasteiger partial charge in [-0.05, 0) is 35.4 Å². The highest BCUT2D eigenvalue weighted by molar-refractivity contribution is 5.89. The van der Waals surface area contributed by atoms with Crippen LogP contribution in [0.5, 0.6) is 11.5 Å². The molecule has 0 radical (unpaired) electrons. The first-order valence-electron chi connectivity index (χ1n) is 7.51. The zero-order valence-electron chi connectivity index (χ0n) is 13.9. The predicted octanol–water partition coefficient (Wildman–Crippen LogP) is 2.78. The molecule has 0 heterocycles. The summed E-state index contributed by atoms with van der Waals surface area (Å²) >= 11 is 0. The van der Waals surface area contributed by atoms with Gasteiger partial charge >= 0.3 is 5.97 Å². The van der Waals surface area contributed by atoms with Crippen LogP contribution in [0.2, 0.25) is 0 Å². The number of hydrogen-bond acceptors (Lipinski definition) is 5.